The second kappa shape index (κ2) is 16.3. The van der Waals surface area contributed by atoms with Gasteiger partial charge in [-0.3, -0.25) is 14.4 Å². The van der Waals surface area contributed by atoms with Gasteiger partial charge in [0.05, 0.1) is 17.7 Å². The number of carbonyl (C=O) groups excluding carboxylic acids is 1. The summed E-state index contributed by atoms with van der Waals surface area (Å²) in [5.41, 5.74) is -0.214. The summed E-state index contributed by atoms with van der Waals surface area (Å²) < 4.78 is 37.6. The van der Waals surface area contributed by atoms with Crippen molar-refractivity contribution in [1.29, 1.82) is 0 Å². The molecule has 0 aliphatic carbocycles. The molecule has 0 bridgehead atoms. The average molecular weight is 426 g/mol. The average Bonchev–Trinajstić information content (AvgIpc) is 2.78. The molecule has 0 aliphatic heterocycles. The third-order valence-corrected chi connectivity index (χ3v) is 4.51. The van der Waals surface area contributed by atoms with E-state index in [4.69, 9.17) is 20.4 Å². The van der Waals surface area contributed by atoms with Gasteiger partial charge in [-0.2, -0.15) is 0 Å². The van der Waals surface area contributed by atoms with Crippen molar-refractivity contribution in [3.05, 3.63) is 29.7 Å². The topological polar surface area (TPSA) is 113 Å². The fourth-order valence-corrected chi connectivity index (χ4v) is 2.87. The number of aliphatic carboxylic acids is 2. The molecule has 1 aromatic rings. The number of carbonyl (C=O) groups is 3. The summed E-state index contributed by atoms with van der Waals surface area (Å²) in [6.07, 6.45) is 7.62. The van der Waals surface area contributed by atoms with E-state index in [9.17, 15) is 14.4 Å². The first kappa shape index (κ1) is 19.4. The van der Waals surface area contributed by atoms with E-state index in [0.29, 0.717) is 32.2 Å². The molecular weight excluding hydrogens is 386 g/mol. The molecule has 1 rings (SSSR count). The van der Waals surface area contributed by atoms with E-state index < -0.39 is 42.0 Å². The van der Waals surface area contributed by atoms with Crippen molar-refractivity contribution in [2.75, 3.05) is 13.2 Å². The monoisotopic (exact) mass is 425 g/mol. The van der Waals surface area contributed by atoms with Crippen LogP contribution in [0.5, 0.6) is 5.75 Å². The number of nitrogens with one attached hydrogen (secondary N) is 1. The lowest BCUT2D eigenvalue weighted by atomic mass is 10.1. The summed E-state index contributed by atoms with van der Waals surface area (Å²) in [6, 6.07) is -1.81. The Balaban J connectivity index is 2.58. The molecule has 0 saturated carbocycles. The lowest BCUT2D eigenvalue weighted by Gasteiger charge is -2.12. The van der Waals surface area contributed by atoms with Crippen LogP contribution in [0, 0.1) is 0 Å². The highest BCUT2D eigenvalue weighted by Crippen LogP contribution is 2.18. The first-order valence-electron chi connectivity index (χ1n) is 12.6. The molecule has 1 aromatic carbocycles. The number of amides is 1. The third kappa shape index (κ3) is 12.8. The van der Waals surface area contributed by atoms with Crippen LogP contribution >= 0.6 is 0 Å². The van der Waals surface area contributed by atoms with Crippen molar-refractivity contribution in [1.82, 2.24) is 5.32 Å². The zero-order chi connectivity index (χ0) is 25.5. The molecule has 0 spiro atoms. The normalized spacial score (nSPS) is 12.4. The number of rotatable bonds is 18. The molecule has 30 heavy (non-hydrogen) atoms. The van der Waals surface area contributed by atoms with Gasteiger partial charge in [0, 0.05) is 19.4 Å². The van der Waals surface area contributed by atoms with Gasteiger partial charge in [0.25, 0.3) is 5.91 Å². The van der Waals surface area contributed by atoms with Crippen molar-refractivity contribution >= 4 is 17.8 Å². The van der Waals surface area contributed by atoms with E-state index in [-0.39, 0.29) is 30.8 Å². The number of hydrogen-bond donors (Lipinski definition) is 3. The Morgan fingerprint density at radius 1 is 0.800 bits per heavy atom. The van der Waals surface area contributed by atoms with Crippen LogP contribution in [0.1, 0.15) is 92.9 Å². The van der Waals surface area contributed by atoms with E-state index in [1.807, 2.05) is 0 Å². The Kier molecular flexibility index (Phi) is 10.5. The quantitative estimate of drug-likeness (QED) is 0.295. The summed E-state index contributed by atoms with van der Waals surface area (Å²) >= 11 is 0. The number of hydrogen-bond acceptors (Lipinski definition) is 4. The van der Waals surface area contributed by atoms with E-state index in [1.54, 1.807) is 0 Å². The largest absolute Gasteiger partial charge is 0.493 e. The fourth-order valence-electron chi connectivity index (χ4n) is 2.87. The van der Waals surface area contributed by atoms with Gasteiger partial charge in [-0.15, -0.1) is 0 Å². The van der Waals surface area contributed by atoms with Gasteiger partial charge in [-0.05, 0) is 37.8 Å². The van der Waals surface area contributed by atoms with Gasteiger partial charge in [0.1, 0.15) is 5.75 Å². The highest BCUT2D eigenvalue weighted by molar-refractivity contribution is 5.96. The van der Waals surface area contributed by atoms with Crippen LogP contribution in [0.4, 0.5) is 0 Å². The Bertz CT molecular complexity index is 834. The molecule has 0 aromatic heterocycles. The minimum atomic E-state index is -0.817. The third-order valence-electron chi connectivity index (χ3n) is 4.51. The maximum Gasteiger partial charge on any atom is 0.303 e. The van der Waals surface area contributed by atoms with Gasteiger partial charge in [-0.25, -0.2) is 0 Å². The van der Waals surface area contributed by atoms with E-state index >= 15 is 0 Å². The maximum atomic E-state index is 12.7. The van der Waals surface area contributed by atoms with Gasteiger partial charge < -0.3 is 20.3 Å². The SMILES string of the molecule is [2H]c1c([2H])c([2H])c(C(=O)NCCCCCCCC(=O)O)c(OCCCCCCCC(=O)O)c1[2H]. The molecule has 3 N–H and O–H groups in total. The van der Waals surface area contributed by atoms with Crippen molar-refractivity contribution < 1.29 is 34.8 Å². The molecule has 0 unspecified atom stereocenters. The predicted octanol–water partition coefficient (Wildman–Crippen LogP) is 4.65. The minimum absolute atomic E-state index is 0.139. The Labute approximate surface area is 184 Å². The van der Waals surface area contributed by atoms with E-state index in [0.717, 1.165) is 38.5 Å². The van der Waals surface area contributed by atoms with Crippen LogP contribution in [-0.4, -0.2) is 41.2 Å². The van der Waals surface area contributed by atoms with Crippen LogP contribution in [0.2, 0.25) is 0 Å². The lowest BCUT2D eigenvalue weighted by molar-refractivity contribution is -0.138. The van der Waals surface area contributed by atoms with Gasteiger partial charge in [-0.1, -0.05) is 50.6 Å². The van der Waals surface area contributed by atoms with Crippen LogP contribution < -0.4 is 10.1 Å². The van der Waals surface area contributed by atoms with Crippen molar-refractivity contribution in [2.45, 2.75) is 77.0 Å². The second-order valence-electron chi connectivity index (χ2n) is 7.13. The number of carboxylic acid groups (broad SMARTS) is 2. The molecule has 0 radical (unpaired) electrons. The van der Waals surface area contributed by atoms with Gasteiger partial charge in [0.15, 0.2) is 0 Å². The van der Waals surface area contributed by atoms with Gasteiger partial charge >= 0.3 is 11.9 Å². The van der Waals surface area contributed by atoms with E-state index in [1.165, 1.54) is 0 Å². The maximum absolute atomic E-state index is 12.7. The lowest BCUT2D eigenvalue weighted by Crippen LogP contribution is -2.25. The highest BCUT2D eigenvalue weighted by atomic mass is 16.5. The molecule has 0 atom stereocenters. The number of benzene rings is 1. The van der Waals surface area contributed by atoms with Crippen LogP contribution in [-0.2, 0) is 9.59 Å². The Morgan fingerprint density at radius 3 is 1.97 bits per heavy atom. The highest BCUT2D eigenvalue weighted by Gasteiger charge is 2.11. The molecule has 168 valence electrons. The molecule has 0 saturated heterocycles. The molecule has 0 fully saturated rings. The summed E-state index contributed by atoms with van der Waals surface area (Å²) in [5, 5.41) is 19.9. The van der Waals surface area contributed by atoms with Gasteiger partial charge in [0.2, 0.25) is 0 Å². The zero-order valence-electron chi connectivity index (χ0n) is 21.4. The molecule has 7 heteroatoms. The van der Waals surface area contributed by atoms with Crippen molar-refractivity contribution in [3.63, 3.8) is 0 Å². The fraction of sp³-hybridized carbons (Fsp3) is 0.609. The number of para-hydroxylation sites is 1. The number of ether oxygens (including phenoxy) is 1. The van der Waals surface area contributed by atoms with Crippen molar-refractivity contribution in [2.24, 2.45) is 0 Å². The molecule has 0 heterocycles. The minimum Gasteiger partial charge on any atom is -0.493 e. The molecule has 0 aliphatic rings. The smallest absolute Gasteiger partial charge is 0.303 e. The summed E-state index contributed by atoms with van der Waals surface area (Å²) in [7, 11) is 0. The van der Waals surface area contributed by atoms with Crippen molar-refractivity contribution in [3.8, 4) is 5.75 Å². The summed E-state index contributed by atoms with van der Waals surface area (Å²) in [4.78, 5) is 33.7. The molecule has 7 nitrogen and oxygen atoms in total. The van der Waals surface area contributed by atoms with Crippen LogP contribution in [0.15, 0.2) is 24.2 Å². The second-order valence-corrected chi connectivity index (χ2v) is 7.13. The predicted molar refractivity (Wildman–Crippen MR) is 115 cm³/mol. The zero-order valence-corrected chi connectivity index (χ0v) is 17.4. The molecular formula is C23H35NO6. The Morgan fingerprint density at radius 2 is 1.33 bits per heavy atom. The first-order chi connectivity index (χ1) is 16.2. The standard InChI is InChI=1S/C23H35NO6/c25-21(26)15-7-3-1-5-11-17-24-23(29)19-13-9-10-14-20(19)30-18-12-6-2-4-8-16-22(27)28/h9-10,13-14H,1-8,11-12,15-18H2,(H,24,29)(H,25,26)(H,27,28)/i9D,10D,13D,14D. The summed E-state index contributed by atoms with van der Waals surface area (Å²) in [6.45, 7) is 0.508. The Hall–Kier alpha value is -2.57. The van der Waals surface area contributed by atoms with Crippen LogP contribution in [0.25, 0.3) is 0 Å². The number of unbranched alkanes of at least 4 members (excludes halogenated alkanes) is 8. The van der Waals surface area contributed by atoms with Crippen LogP contribution in [0.3, 0.4) is 0 Å². The first-order valence-corrected chi connectivity index (χ1v) is 10.6. The summed E-state index contributed by atoms with van der Waals surface area (Å²) in [5.74, 6) is -2.42. The number of carboxylic acids is 2. The van der Waals surface area contributed by atoms with E-state index in [2.05, 4.69) is 5.32 Å². The molecule has 1 amide bonds.